The van der Waals surface area contributed by atoms with Crippen LogP contribution >= 0.6 is 0 Å². The van der Waals surface area contributed by atoms with Gasteiger partial charge in [-0.05, 0) is 36.0 Å². The lowest BCUT2D eigenvalue weighted by Crippen LogP contribution is -2.52. The number of hydrogen-bond donors (Lipinski definition) is 3. The molecule has 2 saturated heterocycles. The highest BCUT2D eigenvalue weighted by Crippen LogP contribution is 2.41. The highest BCUT2D eigenvalue weighted by molar-refractivity contribution is 6.11. The lowest BCUT2D eigenvalue weighted by Gasteiger charge is -2.25. The van der Waals surface area contributed by atoms with Crippen LogP contribution < -0.4 is 16.1 Å². The summed E-state index contributed by atoms with van der Waals surface area (Å²) < 4.78 is 0. The molecule has 5 rings (SSSR count). The topological polar surface area (TPSA) is 128 Å². The normalized spacial score (nSPS) is 25.6. The minimum absolute atomic E-state index is 0.267. The van der Waals surface area contributed by atoms with Crippen LogP contribution in [0.5, 0.6) is 0 Å². The van der Waals surface area contributed by atoms with Gasteiger partial charge >= 0.3 is 12.1 Å². The summed E-state index contributed by atoms with van der Waals surface area (Å²) in [6.07, 6.45) is 1.30. The Kier molecular flexibility index (Phi) is 4.89. The molecule has 2 aromatic carbocycles. The van der Waals surface area contributed by atoms with Gasteiger partial charge in [-0.15, -0.1) is 0 Å². The van der Waals surface area contributed by atoms with Crippen molar-refractivity contribution in [1.29, 1.82) is 0 Å². The van der Waals surface area contributed by atoms with E-state index in [2.05, 4.69) is 16.1 Å². The third-order valence-corrected chi connectivity index (χ3v) is 6.85. The predicted octanol–water partition coefficient (Wildman–Crippen LogP) is 1.27. The van der Waals surface area contributed by atoms with Crippen molar-refractivity contribution in [2.24, 2.45) is 0 Å². The number of benzene rings is 2. The van der Waals surface area contributed by atoms with Crippen molar-refractivity contribution in [2.75, 3.05) is 6.54 Å². The van der Waals surface area contributed by atoms with Crippen molar-refractivity contribution in [3.63, 3.8) is 0 Å². The highest BCUT2D eigenvalue weighted by atomic mass is 16.2. The van der Waals surface area contributed by atoms with Gasteiger partial charge in [-0.25, -0.2) is 9.59 Å². The molecule has 0 unspecified atom stereocenters. The van der Waals surface area contributed by atoms with Crippen LogP contribution in [0.3, 0.4) is 0 Å². The lowest BCUT2D eigenvalue weighted by molar-refractivity contribution is -0.141. The van der Waals surface area contributed by atoms with E-state index in [1.807, 2.05) is 12.1 Å². The Hall–Kier alpha value is -4.21. The van der Waals surface area contributed by atoms with E-state index in [-0.39, 0.29) is 6.42 Å². The maximum Gasteiger partial charge on any atom is 0.344 e. The maximum absolute atomic E-state index is 13.2. The van der Waals surface area contributed by atoms with Crippen molar-refractivity contribution in [3.8, 4) is 0 Å². The Balaban J connectivity index is 1.32. The van der Waals surface area contributed by atoms with E-state index in [1.165, 1.54) is 0 Å². The van der Waals surface area contributed by atoms with E-state index in [1.54, 1.807) is 49.4 Å². The molecule has 2 heterocycles. The van der Waals surface area contributed by atoms with E-state index in [4.69, 9.17) is 0 Å². The quantitative estimate of drug-likeness (QED) is 0.578. The Morgan fingerprint density at radius 3 is 2.38 bits per heavy atom. The fourth-order valence-corrected chi connectivity index (χ4v) is 5.08. The van der Waals surface area contributed by atoms with E-state index < -0.39 is 47.4 Å². The first-order valence-electron chi connectivity index (χ1n) is 11.1. The number of imide groups is 2. The summed E-state index contributed by atoms with van der Waals surface area (Å²) in [6.45, 7) is 1.12. The number of carbonyl (C=O) groups excluding carboxylic acids is 5. The molecule has 2 aliphatic heterocycles. The third kappa shape index (κ3) is 2.98. The molecule has 2 atom stereocenters. The van der Waals surface area contributed by atoms with Crippen molar-refractivity contribution in [2.45, 2.75) is 37.3 Å². The lowest BCUT2D eigenvalue weighted by atomic mass is 9.87. The van der Waals surface area contributed by atoms with Crippen LogP contribution in [0.25, 0.3) is 0 Å². The van der Waals surface area contributed by atoms with Gasteiger partial charge < -0.3 is 10.6 Å². The highest BCUT2D eigenvalue weighted by Gasteiger charge is 2.56. The summed E-state index contributed by atoms with van der Waals surface area (Å²) >= 11 is 0. The van der Waals surface area contributed by atoms with Gasteiger partial charge in [0.25, 0.3) is 17.7 Å². The molecule has 0 radical (unpaired) electrons. The summed E-state index contributed by atoms with van der Waals surface area (Å²) in [5.41, 5.74) is 2.03. The molecular formula is C24H23N5O5. The zero-order chi connectivity index (χ0) is 24.1. The van der Waals surface area contributed by atoms with Crippen LogP contribution in [0.1, 0.15) is 36.5 Å². The molecule has 2 aromatic rings. The summed E-state index contributed by atoms with van der Waals surface area (Å²) in [5.74, 6) is -2.00. The molecule has 174 valence electrons. The molecule has 7 amide bonds. The number of nitrogens with zero attached hydrogens (tertiary/aromatic N) is 2. The molecule has 0 saturated carbocycles. The van der Waals surface area contributed by atoms with Crippen LogP contribution in [-0.4, -0.2) is 46.2 Å². The van der Waals surface area contributed by atoms with Crippen LogP contribution in [0, 0.1) is 0 Å². The minimum Gasteiger partial charge on any atom is -0.319 e. The number of hydrazine groups is 1. The average molecular weight is 461 g/mol. The molecule has 2 fully saturated rings. The van der Waals surface area contributed by atoms with E-state index in [9.17, 15) is 24.0 Å². The fraction of sp³-hybridized carbons (Fsp3) is 0.292. The number of fused-ring (bicyclic) bond motifs is 2. The molecule has 1 spiro atoms. The third-order valence-electron chi connectivity index (χ3n) is 6.85. The number of hydrogen-bond acceptors (Lipinski definition) is 5. The summed E-state index contributed by atoms with van der Waals surface area (Å²) in [6, 6.07) is 14.6. The zero-order valence-corrected chi connectivity index (χ0v) is 18.5. The predicted molar refractivity (Wildman–Crippen MR) is 119 cm³/mol. The molecule has 0 bridgehead atoms. The first-order valence-corrected chi connectivity index (χ1v) is 11.1. The molecule has 10 heteroatoms. The Morgan fingerprint density at radius 2 is 1.65 bits per heavy atom. The molecular weight excluding hydrogens is 438 g/mol. The van der Waals surface area contributed by atoms with Gasteiger partial charge in [-0.1, -0.05) is 61.5 Å². The van der Waals surface area contributed by atoms with Crippen LogP contribution in [0.15, 0.2) is 54.6 Å². The van der Waals surface area contributed by atoms with Gasteiger partial charge in [0.1, 0.15) is 17.6 Å². The van der Waals surface area contributed by atoms with Crippen LogP contribution in [0.4, 0.5) is 9.59 Å². The van der Waals surface area contributed by atoms with Gasteiger partial charge in [0.2, 0.25) is 0 Å². The number of aryl methyl sites for hydroxylation is 1. The van der Waals surface area contributed by atoms with Gasteiger partial charge in [0.15, 0.2) is 0 Å². The second-order valence-corrected chi connectivity index (χ2v) is 8.61. The van der Waals surface area contributed by atoms with E-state index in [0.717, 1.165) is 16.0 Å². The van der Waals surface area contributed by atoms with Crippen LogP contribution in [0.2, 0.25) is 0 Å². The summed E-state index contributed by atoms with van der Waals surface area (Å²) in [4.78, 5) is 65.2. The summed E-state index contributed by atoms with van der Waals surface area (Å²) in [7, 11) is 0. The summed E-state index contributed by atoms with van der Waals surface area (Å²) in [5, 5.41) is 6.02. The molecule has 1 aliphatic carbocycles. The molecule has 3 aliphatic rings. The largest absolute Gasteiger partial charge is 0.344 e. The van der Waals surface area contributed by atoms with Crippen molar-refractivity contribution < 1.29 is 24.0 Å². The monoisotopic (exact) mass is 461 g/mol. The minimum atomic E-state index is -1.32. The first-order chi connectivity index (χ1) is 16.3. The Labute approximate surface area is 195 Å². The van der Waals surface area contributed by atoms with E-state index in [0.29, 0.717) is 23.4 Å². The average Bonchev–Trinajstić information content (AvgIpc) is 3.42. The second kappa shape index (κ2) is 7.68. The van der Waals surface area contributed by atoms with Gasteiger partial charge in [-0.2, -0.15) is 5.01 Å². The second-order valence-electron chi connectivity index (χ2n) is 8.61. The molecule has 3 N–H and O–H groups in total. The molecule has 0 aromatic heterocycles. The maximum atomic E-state index is 13.2. The number of carbonyl (C=O) groups is 5. The molecule has 10 nitrogen and oxygen atoms in total. The van der Waals surface area contributed by atoms with Crippen molar-refractivity contribution in [3.05, 3.63) is 71.3 Å². The fourth-order valence-electron chi connectivity index (χ4n) is 5.08. The number of rotatable bonds is 5. The number of amides is 7. The Morgan fingerprint density at radius 1 is 0.941 bits per heavy atom. The van der Waals surface area contributed by atoms with Gasteiger partial charge in [0, 0.05) is 0 Å². The smallest absolute Gasteiger partial charge is 0.319 e. The standard InChI is InChI=1S/C24H23N5O5/c1-2-23(16-9-4-3-5-10-16)20(32)29(22(34)26-23)27-18(30)14-28-19(31)24(25-21(28)33)13-12-15-8-6-7-11-17(15)24/h3-11H,2,12-14H2,1H3,(H,25,33)(H,26,34)(H,27,30)/t23-,24+/m1/s1. The van der Waals surface area contributed by atoms with Gasteiger partial charge in [-0.3, -0.25) is 24.7 Å². The zero-order valence-electron chi connectivity index (χ0n) is 18.5. The molecule has 34 heavy (non-hydrogen) atoms. The number of nitrogens with one attached hydrogen (secondary N) is 3. The van der Waals surface area contributed by atoms with Crippen LogP contribution in [-0.2, 0) is 31.9 Å². The number of urea groups is 2. The van der Waals surface area contributed by atoms with E-state index >= 15 is 0 Å². The SMILES string of the molecule is CC[C@]1(c2ccccc2)NC(=O)N(NC(=O)CN2C(=O)N[C@]3(CCc4ccccc43)C2=O)C1=O. The van der Waals surface area contributed by atoms with Gasteiger partial charge in [0.05, 0.1) is 0 Å². The Bertz CT molecular complexity index is 1190. The van der Waals surface area contributed by atoms with Crippen molar-refractivity contribution >= 4 is 29.8 Å². The van der Waals surface area contributed by atoms with Crippen molar-refractivity contribution in [1.82, 2.24) is 26.0 Å². The first kappa shape index (κ1) is 21.6.